The molecule has 0 amide bonds. The highest BCUT2D eigenvalue weighted by atomic mass is 16.5. The Morgan fingerprint density at radius 1 is 1.16 bits per heavy atom. The molecule has 1 fully saturated rings. The van der Waals surface area contributed by atoms with Gasteiger partial charge >= 0.3 is 0 Å². The number of rotatable bonds is 5. The van der Waals surface area contributed by atoms with E-state index in [1.807, 2.05) is 12.1 Å². The Bertz CT molecular complexity index is 387. The molecule has 0 bridgehead atoms. The molecule has 0 radical (unpaired) electrons. The maximum atomic E-state index is 5.84. The van der Waals surface area contributed by atoms with Gasteiger partial charge in [-0.2, -0.15) is 0 Å². The van der Waals surface area contributed by atoms with Gasteiger partial charge in [0.15, 0.2) is 0 Å². The molecular formula is C15H25N3O. The predicted molar refractivity (Wildman–Crippen MR) is 78.1 cm³/mol. The van der Waals surface area contributed by atoms with Crippen LogP contribution in [0.15, 0.2) is 24.3 Å². The summed E-state index contributed by atoms with van der Waals surface area (Å²) < 4.78 is 5.84. The first-order valence-electron chi connectivity index (χ1n) is 7.06. The average molecular weight is 263 g/mol. The molecule has 0 saturated carbocycles. The number of nitrogens with zero attached hydrogens (tertiary/aromatic N) is 2. The zero-order chi connectivity index (χ0) is 13.7. The second-order valence-electron chi connectivity index (χ2n) is 5.40. The lowest BCUT2D eigenvalue weighted by Gasteiger charge is -2.32. The van der Waals surface area contributed by atoms with E-state index in [9.17, 15) is 0 Å². The monoisotopic (exact) mass is 263 g/mol. The maximum Gasteiger partial charge on any atom is 0.124 e. The third kappa shape index (κ3) is 4.49. The van der Waals surface area contributed by atoms with Crippen LogP contribution in [0.3, 0.4) is 0 Å². The van der Waals surface area contributed by atoms with E-state index in [0.717, 1.165) is 38.5 Å². The van der Waals surface area contributed by atoms with Crippen LogP contribution in [0.1, 0.15) is 19.4 Å². The lowest BCUT2D eigenvalue weighted by Crippen LogP contribution is -2.50. The summed E-state index contributed by atoms with van der Waals surface area (Å²) in [6.07, 6.45) is 0.213. The van der Waals surface area contributed by atoms with Crippen molar-refractivity contribution in [1.82, 2.24) is 15.3 Å². The fraction of sp³-hybridized carbons (Fsp3) is 0.600. The van der Waals surface area contributed by atoms with Crippen molar-refractivity contribution in [2.24, 2.45) is 0 Å². The van der Waals surface area contributed by atoms with Gasteiger partial charge in [-0.1, -0.05) is 18.2 Å². The quantitative estimate of drug-likeness (QED) is 0.875. The number of nitrogens with one attached hydrogen (secondary N) is 1. The van der Waals surface area contributed by atoms with Crippen molar-refractivity contribution in [2.75, 3.05) is 33.2 Å². The van der Waals surface area contributed by atoms with Crippen molar-refractivity contribution in [3.05, 3.63) is 29.8 Å². The third-order valence-corrected chi connectivity index (χ3v) is 3.33. The minimum Gasteiger partial charge on any atom is -0.491 e. The molecule has 1 aliphatic heterocycles. The highest BCUT2D eigenvalue weighted by Crippen LogP contribution is 2.19. The third-order valence-electron chi connectivity index (χ3n) is 3.33. The summed E-state index contributed by atoms with van der Waals surface area (Å²) in [5.41, 5.74) is 4.72. The van der Waals surface area contributed by atoms with E-state index in [0.29, 0.717) is 0 Å². The van der Waals surface area contributed by atoms with E-state index in [1.165, 1.54) is 5.56 Å². The van der Waals surface area contributed by atoms with Crippen LogP contribution in [0, 0.1) is 0 Å². The Morgan fingerprint density at radius 3 is 2.53 bits per heavy atom. The predicted octanol–water partition coefficient (Wildman–Crippen LogP) is 1.73. The molecule has 1 heterocycles. The maximum absolute atomic E-state index is 5.84. The van der Waals surface area contributed by atoms with Gasteiger partial charge in [0.2, 0.25) is 0 Å². The van der Waals surface area contributed by atoms with Crippen LogP contribution in [-0.2, 0) is 6.54 Å². The Morgan fingerprint density at radius 2 is 1.84 bits per heavy atom. The van der Waals surface area contributed by atoms with Crippen molar-refractivity contribution < 1.29 is 4.74 Å². The SMILES string of the molecule is CC(C)Oc1ccccc1CNN1CCN(C)CC1. The van der Waals surface area contributed by atoms with Gasteiger partial charge in [0.05, 0.1) is 6.10 Å². The first-order valence-corrected chi connectivity index (χ1v) is 7.06. The van der Waals surface area contributed by atoms with Gasteiger partial charge in [-0.25, -0.2) is 5.01 Å². The van der Waals surface area contributed by atoms with Crippen LogP contribution >= 0.6 is 0 Å². The minimum atomic E-state index is 0.213. The molecule has 1 N–H and O–H groups in total. The molecule has 0 unspecified atom stereocenters. The number of likely N-dealkylation sites (N-methyl/N-ethyl adjacent to an activating group) is 1. The molecule has 0 atom stereocenters. The van der Waals surface area contributed by atoms with Crippen LogP contribution in [0.4, 0.5) is 0 Å². The average Bonchev–Trinajstić information content (AvgIpc) is 2.39. The molecule has 1 aromatic rings. The van der Waals surface area contributed by atoms with E-state index < -0.39 is 0 Å². The Kier molecular flexibility index (Phi) is 5.19. The molecule has 4 nitrogen and oxygen atoms in total. The lowest BCUT2D eigenvalue weighted by atomic mass is 10.2. The van der Waals surface area contributed by atoms with E-state index in [1.54, 1.807) is 0 Å². The van der Waals surface area contributed by atoms with Crippen molar-refractivity contribution in [2.45, 2.75) is 26.5 Å². The number of hydrazine groups is 1. The molecule has 4 heteroatoms. The van der Waals surface area contributed by atoms with Gasteiger partial charge in [-0.15, -0.1) is 0 Å². The van der Waals surface area contributed by atoms with Gasteiger partial charge < -0.3 is 9.64 Å². The Balaban J connectivity index is 1.88. The zero-order valence-electron chi connectivity index (χ0n) is 12.2. The second-order valence-corrected chi connectivity index (χ2v) is 5.40. The summed E-state index contributed by atoms with van der Waals surface area (Å²) in [7, 11) is 2.17. The summed E-state index contributed by atoms with van der Waals surface area (Å²) in [4.78, 5) is 2.36. The van der Waals surface area contributed by atoms with Crippen LogP contribution in [0.2, 0.25) is 0 Å². The van der Waals surface area contributed by atoms with Crippen LogP contribution in [-0.4, -0.2) is 49.2 Å². The molecule has 1 aromatic carbocycles. The molecule has 106 valence electrons. The van der Waals surface area contributed by atoms with Gasteiger partial charge in [-0.05, 0) is 27.0 Å². The number of para-hydroxylation sites is 1. The first kappa shape index (κ1) is 14.3. The Labute approximate surface area is 116 Å². The summed E-state index contributed by atoms with van der Waals surface area (Å²) in [5, 5.41) is 2.30. The highest BCUT2D eigenvalue weighted by Gasteiger charge is 2.13. The van der Waals surface area contributed by atoms with Gasteiger partial charge in [0.25, 0.3) is 0 Å². The number of piperazine rings is 1. The van der Waals surface area contributed by atoms with E-state index in [-0.39, 0.29) is 6.10 Å². The minimum absolute atomic E-state index is 0.213. The van der Waals surface area contributed by atoms with Crippen LogP contribution < -0.4 is 10.2 Å². The van der Waals surface area contributed by atoms with E-state index >= 15 is 0 Å². The highest BCUT2D eigenvalue weighted by molar-refractivity contribution is 5.33. The normalized spacial score (nSPS) is 17.9. The van der Waals surface area contributed by atoms with Gasteiger partial charge in [0.1, 0.15) is 5.75 Å². The lowest BCUT2D eigenvalue weighted by molar-refractivity contribution is 0.101. The van der Waals surface area contributed by atoms with E-state index in [4.69, 9.17) is 4.74 Å². The molecule has 1 saturated heterocycles. The largest absolute Gasteiger partial charge is 0.491 e. The topological polar surface area (TPSA) is 27.7 Å². The molecule has 0 spiro atoms. The van der Waals surface area contributed by atoms with Crippen molar-refractivity contribution >= 4 is 0 Å². The number of hydrogen-bond donors (Lipinski definition) is 1. The van der Waals surface area contributed by atoms with E-state index in [2.05, 4.69) is 48.4 Å². The smallest absolute Gasteiger partial charge is 0.124 e. The van der Waals surface area contributed by atoms with Crippen molar-refractivity contribution in [1.29, 1.82) is 0 Å². The molecule has 0 aromatic heterocycles. The molecule has 19 heavy (non-hydrogen) atoms. The molecule has 1 aliphatic rings. The molecule has 0 aliphatic carbocycles. The van der Waals surface area contributed by atoms with Crippen molar-refractivity contribution in [3.63, 3.8) is 0 Å². The second kappa shape index (κ2) is 6.89. The van der Waals surface area contributed by atoms with Crippen LogP contribution in [0.25, 0.3) is 0 Å². The standard InChI is InChI=1S/C15H25N3O/c1-13(2)19-15-7-5-4-6-14(15)12-16-18-10-8-17(3)9-11-18/h4-7,13,16H,8-12H2,1-3H3. The molecule has 2 rings (SSSR count). The number of ether oxygens (including phenoxy) is 1. The Hall–Kier alpha value is -1.10. The fourth-order valence-electron chi connectivity index (χ4n) is 2.18. The van der Waals surface area contributed by atoms with Gasteiger partial charge in [-0.3, -0.25) is 5.43 Å². The summed E-state index contributed by atoms with van der Waals surface area (Å²) in [6, 6.07) is 8.26. The van der Waals surface area contributed by atoms with Crippen molar-refractivity contribution in [3.8, 4) is 5.75 Å². The number of benzene rings is 1. The molecular weight excluding hydrogens is 238 g/mol. The first-order chi connectivity index (χ1) is 9.15. The summed E-state index contributed by atoms with van der Waals surface area (Å²) in [5.74, 6) is 0.985. The van der Waals surface area contributed by atoms with Gasteiger partial charge in [0, 0.05) is 38.3 Å². The fourth-order valence-corrected chi connectivity index (χ4v) is 2.18. The zero-order valence-corrected chi connectivity index (χ0v) is 12.2. The summed E-state index contributed by atoms with van der Waals surface area (Å²) >= 11 is 0. The van der Waals surface area contributed by atoms with Crippen LogP contribution in [0.5, 0.6) is 5.75 Å². The number of hydrogen-bond acceptors (Lipinski definition) is 4. The summed E-state index contributed by atoms with van der Waals surface area (Å²) in [6.45, 7) is 9.34.